The predicted molar refractivity (Wildman–Crippen MR) is 88.3 cm³/mol. The van der Waals surface area contributed by atoms with E-state index in [2.05, 4.69) is 39.0 Å². The van der Waals surface area contributed by atoms with Crippen molar-refractivity contribution in [2.45, 2.75) is 25.7 Å². The van der Waals surface area contributed by atoms with Crippen LogP contribution in [0.4, 0.5) is 0 Å². The minimum atomic E-state index is -0.116. The van der Waals surface area contributed by atoms with Gasteiger partial charge in [-0.1, -0.05) is 23.8 Å². The highest BCUT2D eigenvalue weighted by Gasteiger charge is 2.19. The van der Waals surface area contributed by atoms with Crippen LogP contribution in [0.25, 0.3) is 16.9 Å². The third-order valence-electron chi connectivity index (χ3n) is 4.93. The van der Waals surface area contributed by atoms with Crippen molar-refractivity contribution in [3.63, 3.8) is 0 Å². The molecule has 0 atom stereocenters. The Labute approximate surface area is 137 Å². The molecule has 0 saturated heterocycles. The molecule has 5 rings (SSSR count). The predicted octanol–water partition coefficient (Wildman–Crippen LogP) is 0.553. The van der Waals surface area contributed by atoms with Gasteiger partial charge in [-0.3, -0.25) is 4.79 Å². The first-order valence-electron chi connectivity index (χ1n) is 8.12. The molecule has 1 amide bonds. The lowest BCUT2D eigenvalue weighted by Gasteiger charge is -2.15. The summed E-state index contributed by atoms with van der Waals surface area (Å²) in [4.78, 5) is 12.7. The molecule has 3 aromatic rings. The lowest BCUT2D eigenvalue weighted by molar-refractivity contribution is 0.0972. The van der Waals surface area contributed by atoms with Crippen LogP contribution in [-0.2, 0) is 6.42 Å². The molecule has 0 radical (unpaired) electrons. The van der Waals surface area contributed by atoms with Crippen molar-refractivity contribution in [3.05, 3.63) is 58.1 Å². The second-order valence-corrected chi connectivity index (χ2v) is 6.27. The number of fused-ring (bicyclic) bond motifs is 1. The van der Waals surface area contributed by atoms with Gasteiger partial charge in [0.2, 0.25) is 0 Å². The van der Waals surface area contributed by atoms with Crippen LogP contribution in [0, 0.1) is 0 Å². The number of nitrogens with one attached hydrogen (secondary N) is 1. The molecule has 24 heavy (non-hydrogen) atoms. The normalized spacial score (nSPS) is 15.7. The Morgan fingerprint density at radius 1 is 1.12 bits per heavy atom. The number of aromatic nitrogens is 4. The van der Waals surface area contributed by atoms with Gasteiger partial charge in [0.1, 0.15) is 0 Å². The number of carbonyl (C=O) groups excluding carboxylic acids is 1. The number of carbonyl (C=O) groups is 1. The van der Waals surface area contributed by atoms with E-state index in [9.17, 15) is 4.79 Å². The number of pyridine rings is 1. The Hall–Kier alpha value is -3.02. The molecule has 0 unspecified atom stereocenters. The van der Waals surface area contributed by atoms with E-state index in [1.54, 1.807) is 18.3 Å². The molecule has 0 bridgehead atoms. The van der Waals surface area contributed by atoms with Gasteiger partial charge in [0.15, 0.2) is 5.65 Å². The summed E-state index contributed by atoms with van der Waals surface area (Å²) in [5, 5.41) is 17.0. The van der Waals surface area contributed by atoms with Crippen molar-refractivity contribution in [1.82, 2.24) is 25.4 Å². The molecule has 2 aliphatic carbocycles. The van der Waals surface area contributed by atoms with Crippen LogP contribution >= 0.6 is 0 Å². The molecule has 2 aromatic heterocycles. The highest BCUT2D eigenvalue weighted by molar-refractivity contribution is 5.98. The van der Waals surface area contributed by atoms with E-state index >= 15 is 0 Å². The van der Waals surface area contributed by atoms with E-state index in [1.165, 1.54) is 26.1 Å². The molecule has 6 nitrogen and oxygen atoms in total. The molecule has 118 valence electrons. The number of tetrazole rings is 1. The van der Waals surface area contributed by atoms with E-state index in [1.807, 2.05) is 0 Å². The molecule has 0 aliphatic heterocycles. The maximum Gasteiger partial charge on any atom is 0.255 e. The molecular weight excluding hydrogens is 302 g/mol. The molecule has 0 fully saturated rings. The largest absolute Gasteiger partial charge is 0.325 e. The van der Waals surface area contributed by atoms with Gasteiger partial charge < -0.3 is 5.32 Å². The summed E-state index contributed by atoms with van der Waals surface area (Å²) in [6.45, 7) is 0. The molecule has 0 saturated carbocycles. The van der Waals surface area contributed by atoms with Gasteiger partial charge in [-0.2, -0.15) is 0 Å². The molecule has 6 heteroatoms. The van der Waals surface area contributed by atoms with Gasteiger partial charge in [0, 0.05) is 22.7 Å². The summed E-state index contributed by atoms with van der Waals surface area (Å²) >= 11 is 0. The van der Waals surface area contributed by atoms with E-state index in [-0.39, 0.29) is 5.91 Å². The van der Waals surface area contributed by atoms with Crippen molar-refractivity contribution in [1.29, 1.82) is 0 Å². The van der Waals surface area contributed by atoms with E-state index in [0.29, 0.717) is 11.2 Å². The fraction of sp³-hybridized carbons (Fsp3) is 0.222. The van der Waals surface area contributed by atoms with Crippen LogP contribution in [-0.4, -0.2) is 25.9 Å². The molecule has 2 aliphatic rings. The summed E-state index contributed by atoms with van der Waals surface area (Å²) < 4.78 is 1.54. The number of benzene rings is 1. The zero-order valence-corrected chi connectivity index (χ0v) is 13.0. The third-order valence-corrected chi connectivity index (χ3v) is 4.93. The summed E-state index contributed by atoms with van der Waals surface area (Å²) in [6, 6.07) is 9.83. The second kappa shape index (κ2) is 4.99. The van der Waals surface area contributed by atoms with Crippen LogP contribution < -0.4 is 15.8 Å². The minimum absolute atomic E-state index is 0.116. The zero-order chi connectivity index (χ0) is 16.1. The van der Waals surface area contributed by atoms with E-state index in [4.69, 9.17) is 0 Å². The number of nitrogens with zero attached hydrogens (tertiary/aromatic N) is 4. The lowest BCUT2D eigenvalue weighted by Crippen LogP contribution is -2.38. The first-order chi connectivity index (χ1) is 11.8. The van der Waals surface area contributed by atoms with Crippen LogP contribution in [0.15, 0.2) is 36.5 Å². The summed E-state index contributed by atoms with van der Waals surface area (Å²) in [5.74, 6) is -0.116. The first kappa shape index (κ1) is 13.4. The van der Waals surface area contributed by atoms with Crippen molar-refractivity contribution in [3.8, 4) is 0 Å². The number of amides is 1. The highest BCUT2D eigenvalue weighted by Crippen LogP contribution is 2.23. The number of hydrogen-bond donors (Lipinski definition) is 1. The Balaban J connectivity index is 1.57. The average Bonchev–Trinajstić information content (AvgIpc) is 3.24. The van der Waals surface area contributed by atoms with Crippen molar-refractivity contribution < 1.29 is 4.79 Å². The average molecular weight is 317 g/mol. The zero-order valence-electron chi connectivity index (χ0n) is 13.0. The molecule has 2 heterocycles. The topological polar surface area (TPSA) is 72.2 Å². The summed E-state index contributed by atoms with van der Waals surface area (Å²) in [6.07, 6.45) is 5.89. The fourth-order valence-electron chi connectivity index (χ4n) is 3.77. The van der Waals surface area contributed by atoms with E-state index in [0.717, 1.165) is 31.4 Å². The fourth-order valence-corrected chi connectivity index (χ4v) is 3.77. The monoisotopic (exact) mass is 317 g/mol. The Bertz CT molecular complexity index is 1110. The van der Waals surface area contributed by atoms with Crippen molar-refractivity contribution in [2.75, 3.05) is 0 Å². The van der Waals surface area contributed by atoms with Gasteiger partial charge in [-0.15, -0.1) is 5.10 Å². The Morgan fingerprint density at radius 3 is 3.00 bits per heavy atom. The van der Waals surface area contributed by atoms with Crippen molar-refractivity contribution >= 4 is 22.8 Å². The highest BCUT2D eigenvalue weighted by atomic mass is 16.1. The second-order valence-electron chi connectivity index (χ2n) is 6.27. The standard InChI is InChI=1S/C18H15N5O/c24-18(13-8-9-23-16(10-13)20-21-22-23)19-15-7-6-12-5-4-11-2-1-3-14(15)17(11)12/h1-3,8-10H,4-7H2,(H,19,24). The quantitative estimate of drug-likeness (QED) is 0.749. The number of hydrogen-bond acceptors (Lipinski definition) is 4. The number of aryl methyl sites for hydroxylation is 1. The maximum absolute atomic E-state index is 12.7. The SMILES string of the molecule is O=C(NC1=c2cccc3c2=C(CC1)CC3)c1ccn2nnnc2c1. The molecular formula is C18H15N5O. The van der Waals surface area contributed by atoms with Gasteiger partial charge in [-0.25, -0.2) is 4.52 Å². The summed E-state index contributed by atoms with van der Waals surface area (Å²) in [5.41, 5.74) is 5.08. The van der Waals surface area contributed by atoms with Crippen LogP contribution in [0.3, 0.4) is 0 Å². The van der Waals surface area contributed by atoms with Crippen LogP contribution in [0.5, 0.6) is 0 Å². The lowest BCUT2D eigenvalue weighted by atomic mass is 9.98. The maximum atomic E-state index is 12.7. The van der Waals surface area contributed by atoms with Gasteiger partial charge >= 0.3 is 0 Å². The molecule has 0 spiro atoms. The molecule has 1 aromatic carbocycles. The minimum Gasteiger partial charge on any atom is -0.325 e. The Kier molecular flexibility index (Phi) is 2.79. The number of rotatable bonds is 2. The van der Waals surface area contributed by atoms with Crippen LogP contribution in [0.1, 0.15) is 35.2 Å². The van der Waals surface area contributed by atoms with E-state index < -0.39 is 0 Å². The molecule has 1 N–H and O–H groups in total. The summed E-state index contributed by atoms with van der Waals surface area (Å²) in [7, 11) is 0. The smallest absolute Gasteiger partial charge is 0.255 e. The van der Waals surface area contributed by atoms with Crippen LogP contribution in [0.2, 0.25) is 0 Å². The van der Waals surface area contributed by atoms with Gasteiger partial charge in [-0.05, 0) is 59.0 Å². The van der Waals surface area contributed by atoms with Gasteiger partial charge in [0.25, 0.3) is 5.91 Å². The van der Waals surface area contributed by atoms with Gasteiger partial charge in [0.05, 0.1) is 0 Å². The first-order valence-corrected chi connectivity index (χ1v) is 8.12. The van der Waals surface area contributed by atoms with Crippen molar-refractivity contribution in [2.24, 2.45) is 0 Å². The Morgan fingerprint density at radius 2 is 2.04 bits per heavy atom. The third kappa shape index (κ3) is 1.96.